The summed E-state index contributed by atoms with van der Waals surface area (Å²) in [6, 6.07) is 5.22. The van der Waals surface area contributed by atoms with Crippen LogP contribution in [0.3, 0.4) is 0 Å². The number of carbonyl (C=O) groups is 1. The molecule has 3 N–H and O–H groups in total. The number of nitrogens with one attached hydrogen (secondary N) is 2. The van der Waals surface area contributed by atoms with Gasteiger partial charge in [-0.3, -0.25) is 0 Å². The predicted molar refractivity (Wildman–Crippen MR) is 71.9 cm³/mol. The van der Waals surface area contributed by atoms with Crippen molar-refractivity contribution >= 4 is 11.7 Å². The molecular weight excluding hydrogens is 228 g/mol. The molecule has 0 radical (unpaired) electrons. The van der Waals surface area contributed by atoms with Gasteiger partial charge in [0.15, 0.2) is 0 Å². The van der Waals surface area contributed by atoms with E-state index in [4.69, 9.17) is 0 Å². The van der Waals surface area contributed by atoms with Crippen molar-refractivity contribution < 1.29 is 9.90 Å². The largest absolute Gasteiger partial charge is 0.508 e. The van der Waals surface area contributed by atoms with E-state index in [0.29, 0.717) is 11.3 Å². The van der Waals surface area contributed by atoms with E-state index in [0.717, 1.165) is 12.8 Å². The maximum Gasteiger partial charge on any atom is 0.319 e. The molecule has 4 heteroatoms. The molecule has 1 aromatic carbocycles. The summed E-state index contributed by atoms with van der Waals surface area (Å²) in [4.78, 5) is 11.8. The summed E-state index contributed by atoms with van der Waals surface area (Å²) in [5, 5.41) is 15.3. The molecule has 1 saturated carbocycles. The lowest BCUT2D eigenvalue weighted by atomic mass is 9.96. The van der Waals surface area contributed by atoms with Gasteiger partial charge in [0.25, 0.3) is 0 Å². The Labute approximate surface area is 107 Å². The van der Waals surface area contributed by atoms with E-state index in [1.807, 2.05) is 0 Å². The van der Waals surface area contributed by atoms with E-state index in [2.05, 4.69) is 10.6 Å². The molecule has 2 amide bonds. The van der Waals surface area contributed by atoms with Crippen molar-refractivity contribution in [3.05, 3.63) is 23.8 Å². The summed E-state index contributed by atoms with van der Waals surface area (Å²) in [6.07, 6.45) is 5.77. The smallest absolute Gasteiger partial charge is 0.319 e. The van der Waals surface area contributed by atoms with Crippen LogP contribution in [0.15, 0.2) is 18.2 Å². The number of amides is 2. The molecule has 1 aliphatic rings. The number of benzene rings is 1. The van der Waals surface area contributed by atoms with Gasteiger partial charge in [-0.1, -0.05) is 25.3 Å². The second-order valence-corrected chi connectivity index (χ2v) is 4.88. The SMILES string of the molecule is Cc1c(O)cccc1NC(=O)NC1CCCCC1. The summed E-state index contributed by atoms with van der Waals surface area (Å²) in [7, 11) is 0. The van der Waals surface area contributed by atoms with Crippen LogP contribution in [-0.2, 0) is 0 Å². The predicted octanol–water partition coefficient (Wildman–Crippen LogP) is 3.15. The van der Waals surface area contributed by atoms with Gasteiger partial charge in [0, 0.05) is 17.3 Å². The molecule has 98 valence electrons. The Hall–Kier alpha value is -1.71. The van der Waals surface area contributed by atoms with E-state index in [1.165, 1.54) is 19.3 Å². The Kier molecular flexibility index (Phi) is 4.07. The van der Waals surface area contributed by atoms with Crippen molar-refractivity contribution in [3.63, 3.8) is 0 Å². The van der Waals surface area contributed by atoms with Crippen molar-refractivity contribution in [1.29, 1.82) is 0 Å². The highest BCUT2D eigenvalue weighted by Gasteiger charge is 2.16. The second-order valence-electron chi connectivity index (χ2n) is 4.88. The second kappa shape index (κ2) is 5.76. The topological polar surface area (TPSA) is 61.4 Å². The lowest BCUT2D eigenvalue weighted by Gasteiger charge is -2.23. The van der Waals surface area contributed by atoms with Crippen LogP contribution in [0.25, 0.3) is 0 Å². The summed E-state index contributed by atoms with van der Waals surface area (Å²) in [5.41, 5.74) is 1.35. The van der Waals surface area contributed by atoms with Crippen molar-refractivity contribution in [2.24, 2.45) is 0 Å². The van der Waals surface area contributed by atoms with Crippen LogP contribution in [-0.4, -0.2) is 17.2 Å². The Balaban J connectivity index is 1.92. The third-order valence-electron chi connectivity index (χ3n) is 3.49. The fourth-order valence-corrected chi connectivity index (χ4v) is 2.35. The highest BCUT2D eigenvalue weighted by atomic mass is 16.3. The first-order chi connectivity index (χ1) is 8.66. The fraction of sp³-hybridized carbons (Fsp3) is 0.500. The molecule has 1 aliphatic carbocycles. The van der Waals surface area contributed by atoms with Crippen molar-refractivity contribution in [3.8, 4) is 5.75 Å². The summed E-state index contributed by atoms with van der Waals surface area (Å²) in [6.45, 7) is 1.78. The van der Waals surface area contributed by atoms with Gasteiger partial charge < -0.3 is 15.7 Å². The lowest BCUT2D eigenvalue weighted by Crippen LogP contribution is -2.39. The first kappa shape index (κ1) is 12.7. The van der Waals surface area contributed by atoms with Crippen LogP contribution in [0.4, 0.5) is 10.5 Å². The Morgan fingerprint density at radius 1 is 1.28 bits per heavy atom. The monoisotopic (exact) mass is 248 g/mol. The number of aromatic hydroxyl groups is 1. The molecule has 2 rings (SSSR count). The molecule has 0 atom stereocenters. The number of anilines is 1. The van der Waals surface area contributed by atoms with E-state index in [-0.39, 0.29) is 17.8 Å². The number of hydrogen-bond acceptors (Lipinski definition) is 2. The summed E-state index contributed by atoms with van der Waals surface area (Å²) >= 11 is 0. The maximum absolute atomic E-state index is 11.8. The van der Waals surface area contributed by atoms with Crippen LogP contribution in [0.5, 0.6) is 5.75 Å². The zero-order valence-electron chi connectivity index (χ0n) is 10.7. The zero-order chi connectivity index (χ0) is 13.0. The molecule has 1 fully saturated rings. The number of phenolic OH excluding ortho intramolecular Hbond substituents is 1. The van der Waals surface area contributed by atoms with Gasteiger partial charge >= 0.3 is 6.03 Å². The minimum absolute atomic E-state index is 0.185. The zero-order valence-corrected chi connectivity index (χ0v) is 10.7. The van der Waals surface area contributed by atoms with Gasteiger partial charge in [-0.05, 0) is 31.9 Å². The van der Waals surface area contributed by atoms with E-state index >= 15 is 0 Å². The normalized spacial score (nSPS) is 16.3. The van der Waals surface area contributed by atoms with Crippen LogP contribution < -0.4 is 10.6 Å². The standard InChI is InChI=1S/C14H20N2O2/c1-10-12(8-5-9-13(10)17)16-14(18)15-11-6-3-2-4-7-11/h5,8-9,11,17H,2-4,6-7H2,1H3,(H2,15,16,18). The van der Waals surface area contributed by atoms with Gasteiger partial charge in [-0.25, -0.2) is 4.79 Å². The van der Waals surface area contributed by atoms with Gasteiger partial charge in [0.05, 0.1) is 0 Å². The van der Waals surface area contributed by atoms with Crippen LogP contribution in [0.1, 0.15) is 37.7 Å². The van der Waals surface area contributed by atoms with Crippen molar-refractivity contribution in [2.75, 3.05) is 5.32 Å². The molecule has 0 unspecified atom stereocenters. The molecule has 0 spiro atoms. The highest BCUT2D eigenvalue weighted by Crippen LogP contribution is 2.24. The summed E-state index contributed by atoms with van der Waals surface area (Å²) in [5.74, 6) is 0.200. The van der Waals surface area contributed by atoms with Gasteiger partial charge in [-0.2, -0.15) is 0 Å². The lowest BCUT2D eigenvalue weighted by molar-refractivity contribution is 0.244. The third-order valence-corrected chi connectivity index (χ3v) is 3.49. The molecule has 0 saturated heterocycles. The van der Waals surface area contributed by atoms with Crippen LogP contribution >= 0.6 is 0 Å². The fourth-order valence-electron chi connectivity index (χ4n) is 2.35. The molecule has 1 aromatic rings. The van der Waals surface area contributed by atoms with Crippen molar-refractivity contribution in [2.45, 2.75) is 45.1 Å². The third kappa shape index (κ3) is 3.15. The number of carbonyl (C=O) groups excluding carboxylic acids is 1. The molecule has 18 heavy (non-hydrogen) atoms. The summed E-state index contributed by atoms with van der Waals surface area (Å²) < 4.78 is 0. The van der Waals surface area contributed by atoms with Crippen LogP contribution in [0, 0.1) is 6.92 Å². The van der Waals surface area contributed by atoms with Gasteiger partial charge in [0.2, 0.25) is 0 Å². The molecular formula is C14H20N2O2. The molecule has 0 aromatic heterocycles. The van der Waals surface area contributed by atoms with E-state index < -0.39 is 0 Å². The van der Waals surface area contributed by atoms with Crippen molar-refractivity contribution in [1.82, 2.24) is 5.32 Å². The minimum atomic E-state index is -0.185. The number of urea groups is 1. The van der Waals surface area contributed by atoms with Crippen LogP contribution in [0.2, 0.25) is 0 Å². The Morgan fingerprint density at radius 3 is 2.72 bits per heavy atom. The number of hydrogen-bond donors (Lipinski definition) is 3. The average Bonchev–Trinajstić information content (AvgIpc) is 2.36. The quantitative estimate of drug-likeness (QED) is 0.753. The molecule has 0 bridgehead atoms. The Bertz CT molecular complexity index is 426. The van der Waals surface area contributed by atoms with Gasteiger partial charge in [-0.15, -0.1) is 0 Å². The first-order valence-electron chi connectivity index (χ1n) is 6.53. The van der Waals surface area contributed by atoms with E-state index in [9.17, 15) is 9.90 Å². The molecule has 0 heterocycles. The number of rotatable bonds is 2. The molecule has 4 nitrogen and oxygen atoms in total. The average molecular weight is 248 g/mol. The molecule has 0 aliphatic heterocycles. The maximum atomic E-state index is 11.8. The highest BCUT2D eigenvalue weighted by molar-refractivity contribution is 5.90. The Morgan fingerprint density at radius 2 is 2.00 bits per heavy atom. The minimum Gasteiger partial charge on any atom is -0.508 e. The van der Waals surface area contributed by atoms with E-state index in [1.54, 1.807) is 25.1 Å². The number of phenols is 1. The first-order valence-corrected chi connectivity index (χ1v) is 6.53. The van der Waals surface area contributed by atoms with Gasteiger partial charge in [0.1, 0.15) is 5.75 Å².